The van der Waals surface area contributed by atoms with Crippen LogP contribution in [0.5, 0.6) is 0 Å². The van der Waals surface area contributed by atoms with Crippen molar-refractivity contribution in [3.8, 4) is 0 Å². The summed E-state index contributed by atoms with van der Waals surface area (Å²) in [5.74, 6) is -1.37. The molecule has 0 aliphatic carbocycles. The van der Waals surface area contributed by atoms with Crippen molar-refractivity contribution in [2.24, 2.45) is 0 Å². The Morgan fingerprint density at radius 1 is 0.667 bits per heavy atom. The third-order valence-corrected chi connectivity index (χ3v) is 5.02. The molecule has 0 fully saturated rings. The molecule has 0 aliphatic rings. The highest BCUT2D eigenvalue weighted by Gasteiger charge is 2.22. The number of rotatable bonds is 9. The van der Waals surface area contributed by atoms with E-state index in [0.717, 1.165) is 11.1 Å². The molecule has 0 N–H and O–H groups in total. The van der Waals surface area contributed by atoms with Crippen molar-refractivity contribution in [3.05, 3.63) is 84.0 Å². The molecule has 0 atom stereocenters. The lowest BCUT2D eigenvalue weighted by molar-refractivity contribution is -0.363. The van der Waals surface area contributed by atoms with Crippen LogP contribution in [0.3, 0.4) is 0 Å². The Kier molecular flexibility index (Phi) is 9.20. The standard InChI is InChI=1S/C27H34O6/c1-8-9-10-23(30-32-24(28)19-11-15-21(16-12-19)26(2,3)4)31-33-25(29)20-13-17-22(18-14-20)27(5,6)7/h11-18H,1,8-10H2,2-7H3. The van der Waals surface area contributed by atoms with Gasteiger partial charge in [0.15, 0.2) is 0 Å². The van der Waals surface area contributed by atoms with E-state index in [9.17, 15) is 9.59 Å². The highest BCUT2D eigenvalue weighted by atomic mass is 17.3. The lowest BCUT2D eigenvalue weighted by Gasteiger charge is -2.19. The van der Waals surface area contributed by atoms with Crippen molar-refractivity contribution in [3.63, 3.8) is 0 Å². The second kappa shape index (κ2) is 11.4. The number of hydrogen-bond donors (Lipinski definition) is 0. The zero-order valence-electron chi connectivity index (χ0n) is 20.4. The smallest absolute Gasteiger partial charge is 0.289 e. The van der Waals surface area contributed by atoms with Crippen molar-refractivity contribution in [1.29, 1.82) is 0 Å². The molecule has 6 nitrogen and oxygen atoms in total. The summed E-state index contributed by atoms with van der Waals surface area (Å²) in [5, 5.41) is 0. The van der Waals surface area contributed by atoms with Crippen LogP contribution in [0.15, 0.2) is 48.5 Å². The van der Waals surface area contributed by atoms with Crippen LogP contribution >= 0.6 is 0 Å². The quantitative estimate of drug-likeness (QED) is 0.312. The number of benzene rings is 2. The molecular weight excluding hydrogens is 420 g/mol. The van der Waals surface area contributed by atoms with Gasteiger partial charge in [0, 0.05) is 6.42 Å². The van der Waals surface area contributed by atoms with E-state index >= 15 is 0 Å². The van der Waals surface area contributed by atoms with E-state index < -0.39 is 11.9 Å². The fraction of sp³-hybridized carbons (Fsp3) is 0.407. The van der Waals surface area contributed by atoms with Crippen molar-refractivity contribution in [2.45, 2.75) is 71.6 Å². The average molecular weight is 455 g/mol. The van der Waals surface area contributed by atoms with Gasteiger partial charge in [-0.25, -0.2) is 9.59 Å². The molecule has 0 spiro atoms. The normalized spacial score (nSPS) is 12.0. The first-order valence-electron chi connectivity index (χ1n) is 11.1. The van der Waals surface area contributed by atoms with Crippen molar-refractivity contribution >= 4 is 11.9 Å². The minimum atomic E-state index is -0.685. The molecule has 33 heavy (non-hydrogen) atoms. The highest BCUT2D eigenvalue weighted by molar-refractivity contribution is 5.89. The maximum atomic E-state index is 12.3. The maximum Gasteiger partial charge on any atom is 0.373 e. The molecule has 0 bridgehead atoms. The summed E-state index contributed by atoms with van der Waals surface area (Å²) in [6.07, 6.45) is 1.29. The maximum absolute atomic E-state index is 12.3. The first-order valence-corrected chi connectivity index (χ1v) is 11.1. The molecule has 6 heteroatoms. The molecule has 0 amide bonds. The van der Waals surface area contributed by atoms with Gasteiger partial charge in [0.05, 0.1) is 11.1 Å². The lowest BCUT2D eigenvalue weighted by atomic mass is 9.87. The molecule has 0 aliphatic heterocycles. The van der Waals surface area contributed by atoms with Gasteiger partial charge in [0.25, 0.3) is 0 Å². The van der Waals surface area contributed by atoms with Crippen LogP contribution in [0.2, 0.25) is 0 Å². The van der Waals surface area contributed by atoms with Gasteiger partial charge in [-0.05, 0) is 52.6 Å². The molecule has 0 unspecified atom stereocenters. The lowest BCUT2D eigenvalue weighted by Crippen LogP contribution is -2.17. The Balaban J connectivity index is 1.93. The average Bonchev–Trinajstić information content (AvgIpc) is 2.77. The van der Waals surface area contributed by atoms with Crippen LogP contribution in [0.1, 0.15) is 92.6 Å². The molecule has 2 aromatic carbocycles. The third-order valence-electron chi connectivity index (χ3n) is 5.02. The summed E-state index contributed by atoms with van der Waals surface area (Å²) in [7, 11) is 0. The van der Waals surface area contributed by atoms with E-state index in [0.29, 0.717) is 24.0 Å². The second-order valence-corrected chi connectivity index (χ2v) is 9.89. The van der Waals surface area contributed by atoms with E-state index in [2.05, 4.69) is 48.5 Å². The van der Waals surface area contributed by atoms with Gasteiger partial charge in [0.1, 0.15) is 0 Å². The summed E-state index contributed by atoms with van der Waals surface area (Å²) < 4.78 is 0. The number of carbonyl (C=O) groups excluding carboxylic acids is 2. The summed E-state index contributed by atoms with van der Waals surface area (Å²) in [6.45, 7) is 16.3. The SMILES string of the molecule is [CH2]CCC[C](OOC(=O)c1ccc(C(C)(C)C)cc1)OOC(=O)c1ccc(C(C)(C)C)cc1. The van der Waals surface area contributed by atoms with Crippen molar-refractivity contribution < 1.29 is 29.1 Å². The Labute approximate surface area is 197 Å². The summed E-state index contributed by atoms with van der Waals surface area (Å²) in [5.41, 5.74) is 2.78. The first kappa shape index (κ1) is 26.6. The predicted octanol–water partition coefficient (Wildman–Crippen LogP) is 6.65. The zero-order valence-corrected chi connectivity index (χ0v) is 20.4. The molecular formula is C27H34O6. The van der Waals surface area contributed by atoms with Crippen LogP contribution in [0, 0.1) is 13.2 Å². The number of carbonyl (C=O) groups is 2. The predicted molar refractivity (Wildman–Crippen MR) is 126 cm³/mol. The zero-order chi connectivity index (χ0) is 24.6. The van der Waals surface area contributed by atoms with Gasteiger partial charge >= 0.3 is 18.2 Å². The summed E-state index contributed by atoms with van der Waals surface area (Å²) >= 11 is 0. The number of unbranched alkanes of at least 4 members (excludes halogenated alkanes) is 1. The molecule has 2 aromatic rings. The molecule has 0 saturated carbocycles. The minimum Gasteiger partial charge on any atom is -0.289 e. The van der Waals surface area contributed by atoms with Crippen LogP contribution in [0.25, 0.3) is 0 Å². The Morgan fingerprint density at radius 3 is 1.33 bits per heavy atom. The molecule has 2 rings (SSSR count). The van der Waals surface area contributed by atoms with E-state index in [-0.39, 0.29) is 23.5 Å². The monoisotopic (exact) mass is 454 g/mol. The minimum absolute atomic E-state index is 0.0289. The summed E-state index contributed by atoms with van der Waals surface area (Å²) in [4.78, 5) is 44.5. The largest absolute Gasteiger partial charge is 0.373 e. The fourth-order valence-corrected chi connectivity index (χ4v) is 2.84. The van der Waals surface area contributed by atoms with Gasteiger partial charge in [-0.1, -0.05) is 79.2 Å². The van der Waals surface area contributed by atoms with Crippen molar-refractivity contribution in [1.82, 2.24) is 0 Å². The first-order chi connectivity index (χ1) is 15.4. The molecule has 0 aromatic heterocycles. The number of hydrogen-bond acceptors (Lipinski definition) is 6. The Morgan fingerprint density at radius 2 is 1.03 bits per heavy atom. The van der Waals surface area contributed by atoms with Crippen LogP contribution in [-0.4, -0.2) is 11.9 Å². The second-order valence-electron chi connectivity index (χ2n) is 9.89. The van der Waals surface area contributed by atoms with E-state index in [4.69, 9.17) is 19.6 Å². The third kappa shape index (κ3) is 8.30. The van der Waals surface area contributed by atoms with E-state index in [1.54, 1.807) is 24.3 Å². The van der Waals surface area contributed by atoms with Crippen LogP contribution < -0.4 is 0 Å². The molecule has 2 radical (unpaired) electrons. The van der Waals surface area contributed by atoms with Crippen molar-refractivity contribution in [2.75, 3.05) is 0 Å². The van der Waals surface area contributed by atoms with Crippen LogP contribution in [-0.2, 0) is 30.4 Å². The fourth-order valence-electron chi connectivity index (χ4n) is 2.84. The van der Waals surface area contributed by atoms with Gasteiger partial charge in [-0.15, -0.1) is 9.78 Å². The van der Waals surface area contributed by atoms with Gasteiger partial charge in [-0.2, -0.15) is 0 Å². The van der Waals surface area contributed by atoms with E-state index in [1.165, 1.54) is 0 Å². The Bertz CT molecular complexity index is 828. The van der Waals surface area contributed by atoms with E-state index in [1.807, 2.05) is 24.3 Å². The summed E-state index contributed by atoms with van der Waals surface area (Å²) in [6, 6.07) is 14.2. The molecule has 0 saturated heterocycles. The molecule has 0 heterocycles. The Hall–Kier alpha value is -2.70. The van der Waals surface area contributed by atoms with Gasteiger partial charge in [-0.3, -0.25) is 9.78 Å². The van der Waals surface area contributed by atoms with Crippen LogP contribution in [0.4, 0.5) is 0 Å². The van der Waals surface area contributed by atoms with Gasteiger partial charge < -0.3 is 0 Å². The highest BCUT2D eigenvalue weighted by Crippen LogP contribution is 2.24. The topological polar surface area (TPSA) is 71.1 Å². The van der Waals surface area contributed by atoms with Gasteiger partial charge in [0.2, 0.25) is 0 Å². The molecule has 178 valence electrons.